The van der Waals surface area contributed by atoms with Crippen LogP contribution >= 0.6 is 0 Å². The van der Waals surface area contributed by atoms with Crippen LogP contribution in [0.3, 0.4) is 0 Å². The van der Waals surface area contributed by atoms with Gasteiger partial charge >= 0.3 is 0 Å². The van der Waals surface area contributed by atoms with E-state index in [0.717, 1.165) is 13.1 Å². The molecule has 0 spiro atoms. The van der Waals surface area contributed by atoms with Gasteiger partial charge in [0.2, 0.25) is 0 Å². The molecule has 2 heteroatoms. The molecule has 0 aliphatic carbocycles. The fourth-order valence-electron chi connectivity index (χ4n) is 3.18. The van der Waals surface area contributed by atoms with Gasteiger partial charge in [-0.05, 0) is 24.3 Å². The number of hydrogen-bond acceptors (Lipinski definition) is 2. The molecule has 120 valence electrons. The highest BCUT2D eigenvalue weighted by molar-refractivity contribution is 5.25. The maximum atomic E-state index is 6.17. The highest BCUT2D eigenvalue weighted by Crippen LogP contribution is 2.26. The van der Waals surface area contributed by atoms with Crippen LogP contribution in [0.4, 0.5) is 0 Å². The quantitative estimate of drug-likeness (QED) is 0.743. The Morgan fingerprint density at radius 3 is 2.10 bits per heavy atom. The summed E-state index contributed by atoms with van der Waals surface area (Å²) in [4.78, 5) is 2.66. The molecule has 0 aliphatic rings. The minimum Gasteiger partial charge on any atom is -0.330 e. The SMILES string of the molecule is CCC(CC)N(CC(C)C)CC(C)(CN)c1ccccc1. The lowest BCUT2D eigenvalue weighted by atomic mass is 9.81. The van der Waals surface area contributed by atoms with Gasteiger partial charge in [0.1, 0.15) is 0 Å². The number of nitrogens with zero attached hydrogens (tertiary/aromatic N) is 1. The smallest absolute Gasteiger partial charge is 0.0174 e. The van der Waals surface area contributed by atoms with Crippen LogP contribution in [0.25, 0.3) is 0 Å². The summed E-state index contributed by atoms with van der Waals surface area (Å²) in [6.45, 7) is 14.4. The molecule has 0 saturated heterocycles. The number of rotatable bonds is 9. The minimum atomic E-state index is 0.0265. The number of nitrogens with two attached hydrogens (primary N) is 1. The summed E-state index contributed by atoms with van der Waals surface area (Å²) in [6, 6.07) is 11.4. The number of hydrogen-bond donors (Lipinski definition) is 1. The van der Waals surface area contributed by atoms with E-state index < -0.39 is 0 Å². The van der Waals surface area contributed by atoms with Gasteiger partial charge in [0.05, 0.1) is 0 Å². The first-order chi connectivity index (χ1) is 9.96. The molecule has 1 rings (SSSR count). The van der Waals surface area contributed by atoms with Crippen molar-refractivity contribution in [1.29, 1.82) is 0 Å². The summed E-state index contributed by atoms with van der Waals surface area (Å²) in [7, 11) is 0. The zero-order valence-corrected chi connectivity index (χ0v) is 14.6. The second-order valence-corrected chi connectivity index (χ2v) is 6.92. The van der Waals surface area contributed by atoms with Crippen molar-refractivity contribution in [2.24, 2.45) is 11.7 Å². The van der Waals surface area contributed by atoms with Crippen molar-refractivity contribution in [1.82, 2.24) is 4.90 Å². The van der Waals surface area contributed by atoms with Crippen molar-refractivity contribution in [2.75, 3.05) is 19.6 Å². The molecule has 1 unspecified atom stereocenters. The summed E-state index contributed by atoms with van der Waals surface area (Å²) in [5, 5.41) is 0. The molecule has 2 N–H and O–H groups in total. The zero-order valence-electron chi connectivity index (χ0n) is 14.6. The summed E-state index contributed by atoms with van der Waals surface area (Å²) in [5.74, 6) is 0.684. The van der Waals surface area contributed by atoms with Crippen LogP contribution in [0.2, 0.25) is 0 Å². The Hall–Kier alpha value is -0.860. The van der Waals surface area contributed by atoms with Crippen LogP contribution in [0.15, 0.2) is 30.3 Å². The van der Waals surface area contributed by atoms with Gasteiger partial charge in [0.15, 0.2) is 0 Å². The molecule has 1 aromatic rings. The largest absolute Gasteiger partial charge is 0.330 e. The van der Waals surface area contributed by atoms with Gasteiger partial charge in [-0.2, -0.15) is 0 Å². The van der Waals surface area contributed by atoms with E-state index >= 15 is 0 Å². The fraction of sp³-hybridized carbons (Fsp3) is 0.684. The average Bonchev–Trinajstić information content (AvgIpc) is 2.48. The van der Waals surface area contributed by atoms with Gasteiger partial charge in [-0.3, -0.25) is 4.90 Å². The van der Waals surface area contributed by atoms with E-state index in [4.69, 9.17) is 5.73 Å². The third kappa shape index (κ3) is 5.12. The minimum absolute atomic E-state index is 0.0265. The predicted molar refractivity (Wildman–Crippen MR) is 93.6 cm³/mol. The molecule has 0 aliphatic heterocycles. The predicted octanol–water partition coefficient (Wildman–Crippen LogP) is 4.05. The van der Waals surface area contributed by atoms with E-state index in [1.54, 1.807) is 0 Å². The highest BCUT2D eigenvalue weighted by atomic mass is 15.2. The molecule has 0 bridgehead atoms. The molecule has 0 saturated carbocycles. The molecule has 0 amide bonds. The Morgan fingerprint density at radius 2 is 1.67 bits per heavy atom. The van der Waals surface area contributed by atoms with E-state index in [2.05, 4.69) is 69.9 Å². The molecular weight excluding hydrogens is 256 g/mol. The lowest BCUT2D eigenvalue weighted by Gasteiger charge is -2.40. The van der Waals surface area contributed by atoms with Crippen molar-refractivity contribution in [3.05, 3.63) is 35.9 Å². The normalized spacial score (nSPS) is 14.9. The average molecular weight is 290 g/mol. The lowest BCUT2D eigenvalue weighted by Crippen LogP contribution is -2.48. The van der Waals surface area contributed by atoms with Crippen molar-refractivity contribution in [3.8, 4) is 0 Å². The van der Waals surface area contributed by atoms with Gasteiger partial charge in [-0.1, -0.05) is 65.0 Å². The highest BCUT2D eigenvalue weighted by Gasteiger charge is 2.30. The summed E-state index contributed by atoms with van der Waals surface area (Å²) in [5.41, 5.74) is 7.55. The van der Waals surface area contributed by atoms with Crippen molar-refractivity contribution >= 4 is 0 Å². The van der Waals surface area contributed by atoms with Crippen LogP contribution in [0.5, 0.6) is 0 Å². The molecule has 0 radical (unpaired) electrons. The van der Waals surface area contributed by atoms with Crippen molar-refractivity contribution < 1.29 is 0 Å². The third-order valence-electron chi connectivity index (χ3n) is 4.53. The topological polar surface area (TPSA) is 29.3 Å². The Bertz CT molecular complexity index is 384. The Kier molecular flexibility index (Phi) is 7.41. The van der Waals surface area contributed by atoms with Crippen molar-refractivity contribution in [3.63, 3.8) is 0 Å². The Morgan fingerprint density at radius 1 is 1.10 bits per heavy atom. The van der Waals surface area contributed by atoms with Crippen LogP contribution in [0, 0.1) is 5.92 Å². The van der Waals surface area contributed by atoms with E-state index in [1.807, 2.05) is 0 Å². The third-order valence-corrected chi connectivity index (χ3v) is 4.53. The first kappa shape index (κ1) is 18.2. The van der Waals surface area contributed by atoms with Crippen LogP contribution in [0.1, 0.15) is 53.0 Å². The van der Waals surface area contributed by atoms with Crippen LogP contribution < -0.4 is 5.73 Å². The zero-order chi connectivity index (χ0) is 15.9. The van der Waals surface area contributed by atoms with E-state index in [0.29, 0.717) is 18.5 Å². The molecular formula is C19H34N2. The van der Waals surface area contributed by atoms with Gasteiger partial charge in [0, 0.05) is 31.1 Å². The van der Waals surface area contributed by atoms with Gasteiger partial charge in [-0.15, -0.1) is 0 Å². The van der Waals surface area contributed by atoms with E-state index in [9.17, 15) is 0 Å². The Labute approximate surface area is 131 Å². The fourth-order valence-corrected chi connectivity index (χ4v) is 3.18. The summed E-state index contributed by atoms with van der Waals surface area (Å²) < 4.78 is 0. The van der Waals surface area contributed by atoms with Gasteiger partial charge in [-0.25, -0.2) is 0 Å². The second kappa shape index (κ2) is 8.55. The maximum Gasteiger partial charge on any atom is 0.0174 e. The first-order valence-corrected chi connectivity index (χ1v) is 8.46. The van der Waals surface area contributed by atoms with E-state index in [1.165, 1.54) is 18.4 Å². The standard InChI is InChI=1S/C19H34N2/c1-6-18(7-2)21(13-16(3)4)15-19(5,14-20)17-11-9-8-10-12-17/h8-12,16,18H,6-7,13-15,20H2,1-5H3. The van der Waals surface area contributed by atoms with Gasteiger partial charge in [0.25, 0.3) is 0 Å². The van der Waals surface area contributed by atoms with Crippen LogP contribution in [-0.2, 0) is 5.41 Å². The van der Waals surface area contributed by atoms with E-state index in [-0.39, 0.29) is 5.41 Å². The molecule has 1 aromatic carbocycles. The first-order valence-electron chi connectivity index (χ1n) is 8.46. The second-order valence-electron chi connectivity index (χ2n) is 6.92. The van der Waals surface area contributed by atoms with Gasteiger partial charge < -0.3 is 5.73 Å². The maximum absolute atomic E-state index is 6.17. The number of benzene rings is 1. The molecule has 1 atom stereocenters. The summed E-state index contributed by atoms with van der Waals surface area (Å²) >= 11 is 0. The summed E-state index contributed by atoms with van der Waals surface area (Å²) in [6.07, 6.45) is 2.41. The molecule has 0 aromatic heterocycles. The molecule has 21 heavy (non-hydrogen) atoms. The monoisotopic (exact) mass is 290 g/mol. The Balaban J connectivity index is 2.97. The van der Waals surface area contributed by atoms with Crippen LogP contribution in [-0.4, -0.2) is 30.6 Å². The molecule has 0 fully saturated rings. The molecule has 0 heterocycles. The lowest BCUT2D eigenvalue weighted by molar-refractivity contribution is 0.133. The van der Waals surface area contributed by atoms with Crippen molar-refractivity contribution in [2.45, 2.75) is 58.9 Å². The molecule has 2 nitrogen and oxygen atoms in total.